The van der Waals surface area contributed by atoms with Gasteiger partial charge in [0.25, 0.3) is 0 Å². The van der Waals surface area contributed by atoms with E-state index in [0.717, 1.165) is 5.56 Å². The first-order valence-electron chi connectivity index (χ1n) is 5.53. The number of aliphatic hydroxyl groups is 1. The SMILES string of the molecule is NC(CCO)c1ccc(-c2ccc(Cl)cc2Cl)o1. The largest absolute Gasteiger partial charge is 0.459 e. The lowest BCUT2D eigenvalue weighted by Gasteiger charge is -2.06. The molecule has 1 heterocycles. The Morgan fingerprint density at radius 1 is 1.22 bits per heavy atom. The van der Waals surface area contributed by atoms with Crippen LogP contribution in [0.2, 0.25) is 10.0 Å². The molecule has 0 radical (unpaired) electrons. The van der Waals surface area contributed by atoms with Gasteiger partial charge in [0.1, 0.15) is 11.5 Å². The summed E-state index contributed by atoms with van der Waals surface area (Å²) in [6, 6.07) is 8.50. The lowest BCUT2D eigenvalue weighted by molar-refractivity contribution is 0.269. The average molecular weight is 286 g/mol. The summed E-state index contributed by atoms with van der Waals surface area (Å²) < 4.78 is 5.64. The summed E-state index contributed by atoms with van der Waals surface area (Å²) in [5.41, 5.74) is 6.62. The van der Waals surface area contributed by atoms with Crippen LogP contribution in [-0.2, 0) is 0 Å². The van der Waals surface area contributed by atoms with E-state index >= 15 is 0 Å². The topological polar surface area (TPSA) is 59.4 Å². The minimum atomic E-state index is -0.310. The Labute approximate surface area is 115 Å². The van der Waals surface area contributed by atoms with E-state index in [9.17, 15) is 0 Å². The van der Waals surface area contributed by atoms with Crippen molar-refractivity contribution < 1.29 is 9.52 Å². The minimum absolute atomic E-state index is 0.0267. The second-order valence-corrected chi connectivity index (χ2v) is 4.79. The summed E-state index contributed by atoms with van der Waals surface area (Å²) in [6.07, 6.45) is 0.460. The van der Waals surface area contributed by atoms with Gasteiger partial charge in [-0.25, -0.2) is 0 Å². The third-order valence-corrected chi connectivity index (χ3v) is 3.18. The molecular weight excluding hydrogens is 273 g/mol. The molecule has 0 amide bonds. The molecule has 0 aliphatic rings. The van der Waals surface area contributed by atoms with Crippen molar-refractivity contribution in [2.75, 3.05) is 6.61 Å². The Balaban J connectivity index is 2.29. The molecule has 2 aromatic rings. The molecule has 3 nitrogen and oxygen atoms in total. The summed E-state index contributed by atoms with van der Waals surface area (Å²) in [6.45, 7) is 0.0267. The maximum Gasteiger partial charge on any atom is 0.135 e. The third-order valence-electron chi connectivity index (χ3n) is 2.63. The van der Waals surface area contributed by atoms with Crippen LogP contribution in [0.15, 0.2) is 34.7 Å². The van der Waals surface area contributed by atoms with Gasteiger partial charge in [-0.2, -0.15) is 0 Å². The highest BCUT2D eigenvalue weighted by Crippen LogP contribution is 2.32. The number of halogens is 2. The fourth-order valence-corrected chi connectivity index (χ4v) is 2.17. The van der Waals surface area contributed by atoms with E-state index in [1.807, 2.05) is 6.07 Å². The number of benzene rings is 1. The van der Waals surface area contributed by atoms with Crippen LogP contribution < -0.4 is 5.73 Å². The van der Waals surface area contributed by atoms with Gasteiger partial charge in [0.15, 0.2) is 0 Å². The van der Waals surface area contributed by atoms with E-state index in [-0.39, 0.29) is 12.6 Å². The molecule has 0 saturated carbocycles. The van der Waals surface area contributed by atoms with Gasteiger partial charge in [-0.05, 0) is 36.8 Å². The van der Waals surface area contributed by atoms with Crippen molar-refractivity contribution in [3.05, 3.63) is 46.1 Å². The Kier molecular flexibility index (Phi) is 4.30. The van der Waals surface area contributed by atoms with Gasteiger partial charge in [-0.15, -0.1) is 0 Å². The van der Waals surface area contributed by atoms with Gasteiger partial charge in [0, 0.05) is 17.2 Å². The highest BCUT2D eigenvalue weighted by atomic mass is 35.5. The molecule has 96 valence electrons. The maximum absolute atomic E-state index is 8.84. The molecule has 1 unspecified atom stereocenters. The molecule has 0 spiro atoms. The Bertz CT molecular complexity index is 540. The van der Waals surface area contributed by atoms with Crippen molar-refractivity contribution in [3.8, 4) is 11.3 Å². The van der Waals surface area contributed by atoms with Crippen molar-refractivity contribution >= 4 is 23.2 Å². The number of furan rings is 1. The van der Waals surface area contributed by atoms with Crippen LogP contribution in [0.4, 0.5) is 0 Å². The number of rotatable bonds is 4. The van der Waals surface area contributed by atoms with E-state index in [1.54, 1.807) is 24.3 Å². The lowest BCUT2D eigenvalue weighted by Crippen LogP contribution is -2.10. The molecule has 2 rings (SSSR count). The lowest BCUT2D eigenvalue weighted by atomic mass is 10.1. The molecule has 3 N–H and O–H groups in total. The van der Waals surface area contributed by atoms with E-state index in [2.05, 4.69) is 0 Å². The van der Waals surface area contributed by atoms with E-state index in [4.69, 9.17) is 38.5 Å². The summed E-state index contributed by atoms with van der Waals surface area (Å²) in [5, 5.41) is 9.94. The molecule has 0 fully saturated rings. The zero-order chi connectivity index (χ0) is 13.1. The van der Waals surface area contributed by atoms with Crippen LogP contribution >= 0.6 is 23.2 Å². The van der Waals surface area contributed by atoms with E-state index < -0.39 is 0 Å². The molecule has 18 heavy (non-hydrogen) atoms. The van der Waals surface area contributed by atoms with Crippen LogP contribution in [0.5, 0.6) is 0 Å². The number of hydrogen-bond acceptors (Lipinski definition) is 3. The molecule has 1 aromatic heterocycles. The van der Waals surface area contributed by atoms with E-state index in [1.165, 1.54) is 0 Å². The van der Waals surface area contributed by atoms with Crippen LogP contribution in [0.25, 0.3) is 11.3 Å². The summed E-state index contributed by atoms with van der Waals surface area (Å²) in [4.78, 5) is 0. The van der Waals surface area contributed by atoms with Gasteiger partial charge >= 0.3 is 0 Å². The van der Waals surface area contributed by atoms with Crippen molar-refractivity contribution in [2.24, 2.45) is 5.73 Å². The van der Waals surface area contributed by atoms with Gasteiger partial charge in [0.2, 0.25) is 0 Å². The van der Waals surface area contributed by atoms with Crippen LogP contribution in [-0.4, -0.2) is 11.7 Å². The predicted molar refractivity (Wildman–Crippen MR) is 72.8 cm³/mol. The van der Waals surface area contributed by atoms with Crippen LogP contribution in [0.1, 0.15) is 18.2 Å². The summed E-state index contributed by atoms with van der Waals surface area (Å²) in [7, 11) is 0. The monoisotopic (exact) mass is 285 g/mol. The molecule has 0 bridgehead atoms. The minimum Gasteiger partial charge on any atom is -0.459 e. The summed E-state index contributed by atoms with van der Waals surface area (Å²) in [5.74, 6) is 1.27. The standard InChI is InChI=1S/C13H13Cl2NO2/c14-8-1-2-9(10(15)7-8)12-3-4-13(18-12)11(16)5-6-17/h1-4,7,11,17H,5-6,16H2. The van der Waals surface area contributed by atoms with Crippen LogP contribution in [0, 0.1) is 0 Å². The van der Waals surface area contributed by atoms with Crippen molar-refractivity contribution in [3.63, 3.8) is 0 Å². The Morgan fingerprint density at radius 3 is 2.67 bits per heavy atom. The second kappa shape index (κ2) is 5.76. The first-order chi connectivity index (χ1) is 8.61. The highest BCUT2D eigenvalue weighted by molar-refractivity contribution is 6.36. The molecule has 0 aliphatic carbocycles. The van der Waals surface area contributed by atoms with Gasteiger partial charge in [-0.1, -0.05) is 23.2 Å². The zero-order valence-corrected chi connectivity index (χ0v) is 11.1. The normalized spacial score (nSPS) is 12.7. The molecule has 5 heteroatoms. The van der Waals surface area contributed by atoms with Gasteiger partial charge in [-0.3, -0.25) is 0 Å². The average Bonchev–Trinajstić information content (AvgIpc) is 2.78. The van der Waals surface area contributed by atoms with Crippen LogP contribution in [0.3, 0.4) is 0 Å². The summed E-state index contributed by atoms with van der Waals surface area (Å²) >= 11 is 11.9. The molecule has 1 atom stereocenters. The number of nitrogens with two attached hydrogens (primary N) is 1. The zero-order valence-electron chi connectivity index (χ0n) is 9.57. The van der Waals surface area contributed by atoms with Crippen molar-refractivity contribution in [2.45, 2.75) is 12.5 Å². The molecule has 0 saturated heterocycles. The fourth-order valence-electron chi connectivity index (χ4n) is 1.67. The molecule has 1 aromatic carbocycles. The highest BCUT2D eigenvalue weighted by Gasteiger charge is 2.13. The predicted octanol–water partition coefficient (Wildman–Crippen LogP) is 3.64. The number of aliphatic hydroxyl groups excluding tert-OH is 1. The smallest absolute Gasteiger partial charge is 0.135 e. The van der Waals surface area contributed by atoms with Gasteiger partial charge < -0.3 is 15.3 Å². The Hall–Kier alpha value is -1.00. The van der Waals surface area contributed by atoms with Crippen molar-refractivity contribution in [1.29, 1.82) is 0 Å². The first kappa shape index (κ1) is 13.4. The number of hydrogen-bond donors (Lipinski definition) is 2. The van der Waals surface area contributed by atoms with Gasteiger partial charge in [0.05, 0.1) is 11.1 Å². The molecule has 0 aliphatic heterocycles. The second-order valence-electron chi connectivity index (χ2n) is 3.94. The first-order valence-corrected chi connectivity index (χ1v) is 6.29. The van der Waals surface area contributed by atoms with Crippen molar-refractivity contribution in [1.82, 2.24) is 0 Å². The quantitative estimate of drug-likeness (QED) is 0.902. The molecular formula is C13H13Cl2NO2. The van der Waals surface area contributed by atoms with E-state index in [0.29, 0.717) is 28.0 Å². The Morgan fingerprint density at radius 2 is 2.00 bits per heavy atom. The maximum atomic E-state index is 8.84. The fraction of sp³-hybridized carbons (Fsp3) is 0.231. The third kappa shape index (κ3) is 2.87.